The van der Waals surface area contributed by atoms with Crippen LogP contribution in [0.15, 0.2) is 60.9 Å². The van der Waals surface area contributed by atoms with E-state index in [1.165, 1.54) is 6.92 Å². The van der Waals surface area contributed by atoms with Gasteiger partial charge in [-0.3, -0.25) is 9.78 Å². The number of nitrogens with zero attached hydrogens (tertiary/aromatic N) is 4. The molecule has 1 saturated heterocycles. The lowest BCUT2D eigenvalue weighted by molar-refractivity contribution is -0.137. The van der Waals surface area contributed by atoms with Gasteiger partial charge in [0.05, 0.1) is 10.2 Å². The third kappa shape index (κ3) is 4.84. The summed E-state index contributed by atoms with van der Waals surface area (Å²) >= 11 is 1.60. The van der Waals surface area contributed by atoms with E-state index in [4.69, 9.17) is 4.74 Å². The first kappa shape index (κ1) is 22.2. The van der Waals surface area contributed by atoms with Crippen LogP contribution in [0.4, 0.5) is 15.2 Å². The molecular formula is C25H24FN5O2S. The molecule has 1 N–H and O–H groups in total. The lowest BCUT2D eigenvalue weighted by atomic mass is 9.93. The van der Waals surface area contributed by atoms with Crippen molar-refractivity contribution < 1.29 is 13.9 Å². The molecule has 1 aliphatic heterocycles. The minimum atomic E-state index is -1.47. The fraction of sp³-hybridized carbons (Fsp3) is 0.280. The number of aromatic nitrogens is 3. The molecule has 174 valence electrons. The van der Waals surface area contributed by atoms with Crippen LogP contribution < -0.4 is 10.1 Å². The van der Waals surface area contributed by atoms with Crippen molar-refractivity contribution in [1.29, 1.82) is 0 Å². The molecule has 9 heteroatoms. The van der Waals surface area contributed by atoms with E-state index in [0.717, 1.165) is 26.7 Å². The van der Waals surface area contributed by atoms with Crippen molar-refractivity contribution in [3.05, 3.63) is 66.6 Å². The van der Waals surface area contributed by atoms with E-state index >= 15 is 0 Å². The van der Waals surface area contributed by atoms with E-state index in [-0.39, 0.29) is 5.92 Å². The molecule has 2 aromatic heterocycles. The fourth-order valence-corrected chi connectivity index (χ4v) is 4.97. The molecule has 1 fully saturated rings. The van der Waals surface area contributed by atoms with Crippen LogP contribution in [-0.4, -0.2) is 45.0 Å². The predicted octanol–water partition coefficient (Wildman–Crippen LogP) is 5.69. The smallest absolute Gasteiger partial charge is 0.256 e. The number of carbonyl (C=O) groups excluding carboxylic acids is 1. The van der Waals surface area contributed by atoms with Crippen LogP contribution in [0.1, 0.15) is 31.4 Å². The van der Waals surface area contributed by atoms with Crippen molar-refractivity contribution >= 4 is 38.3 Å². The first-order chi connectivity index (χ1) is 16.6. The molecule has 1 amide bonds. The van der Waals surface area contributed by atoms with E-state index in [0.29, 0.717) is 37.6 Å². The van der Waals surface area contributed by atoms with Gasteiger partial charge in [0.15, 0.2) is 11.3 Å². The van der Waals surface area contributed by atoms with Gasteiger partial charge in [-0.2, -0.15) is 0 Å². The molecule has 3 heterocycles. The number of benzene rings is 2. The molecular weight excluding hydrogens is 453 g/mol. The fourth-order valence-electron chi connectivity index (χ4n) is 4.09. The van der Waals surface area contributed by atoms with Gasteiger partial charge >= 0.3 is 0 Å². The monoisotopic (exact) mass is 477 g/mol. The Morgan fingerprint density at radius 3 is 2.59 bits per heavy atom. The maximum atomic E-state index is 13.4. The molecule has 0 aliphatic carbocycles. The minimum absolute atomic E-state index is 0.0997. The highest BCUT2D eigenvalue weighted by Crippen LogP contribution is 2.34. The highest BCUT2D eigenvalue weighted by molar-refractivity contribution is 7.22. The van der Waals surface area contributed by atoms with E-state index in [9.17, 15) is 9.18 Å². The van der Waals surface area contributed by atoms with Crippen molar-refractivity contribution in [2.45, 2.75) is 31.9 Å². The van der Waals surface area contributed by atoms with Gasteiger partial charge in [0.25, 0.3) is 5.91 Å². The molecule has 0 radical (unpaired) electrons. The molecule has 4 aromatic rings. The number of thiazole rings is 1. The summed E-state index contributed by atoms with van der Waals surface area (Å²) in [6.45, 7) is 2.28. The van der Waals surface area contributed by atoms with E-state index in [1.54, 1.807) is 28.6 Å². The van der Waals surface area contributed by atoms with Gasteiger partial charge in [0.1, 0.15) is 11.4 Å². The molecule has 34 heavy (non-hydrogen) atoms. The number of amides is 1. The summed E-state index contributed by atoms with van der Waals surface area (Å²) in [7, 11) is 0. The van der Waals surface area contributed by atoms with Crippen LogP contribution in [-0.2, 0) is 4.79 Å². The Balaban J connectivity index is 1.25. The zero-order valence-corrected chi connectivity index (χ0v) is 19.5. The van der Waals surface area contributed by atoms with Crippen molar-refractivity contribution in [3.63, 3.8) is 0 Å². The number of anilines is 2. The summed E-state index contributed by atoms with van der Waals surface area (Å²) in [6, 6.07) is 15.6. The average Bonchev–Trinajstić information content (AvgIpc) is 3.27. The highest BCUT2D eigenvalue weighted by Gasteiger charge is 2.29. The van der Waals surface area contributed by atoms with Gasteiger partial charge < -0.3 is 15.0 Å². The quantitative estimate of drug-likeness (QED) is 0.385. The summed E-state index contributed by atoms with van der Waals surface area (Å²) in [5.41, 5.74) is 2.64. The predicted molar refractivity (Wildman–Crippen MR) is 131 cm³/mol. The Hall–Kier alpha value is -3.59. The lowest BCUT2D eigenvalue weighted by Gasteiger charge is -2.32. The van der Waals surface area contributed by atoms with Gasteiger partial charge in [-0.1, -0.05) is 23.5 Å². The number of para-hydroxylation sites is 1. The van der Waals surface area contributed by atoms with Crippen LogP contribution in [0.25, 0.3) is 10.2 Å². The zero-order valence-electron chi connectivity index (χ0n) is 18.6. The average molecular weight is 478 g/mol. The molecule has 7 nitrogen and oxygen atoms in total. The molecule has 1 aliphatic rings. The van der Waals surface area contributed by atoms with Gasteiger partial charge in [-0.25, -0.2) is 14.4 Å². The van der Waals surface area contributed by atoms with Crippen molar-refractivity contribution in [3.8, 4) is 11.6 Å². The van der Waals surface area contributed by atoms with Gasteiger partial charge in [-0.05, 0) is 56.2 Å². The van der Waals surface area contributed by atoms with Crippen molar-refractivity contribution in [2.24, 2.45) is 0 Å². The maximum Gasteiger partial charge on any atom is 0.256 e. The number of carbonyl (C=O) groups is 1. The first-order valence-corrected chi connectivity index (χ1v) is 12.0. The van der Waals surface area contributed by atoms with Crippen molar-refractivity contribution in [1.82, 2.24) is 19.9 Å². The Bertz CT molecular complexity index is 1250. The van der Waals surface area contributed by atoms with E-state index < -0.39 is 12.1 Å². The topological polar surface area (TPSA) is 80.2 Å². The molecule has 1 atom stereocenters. The standard InChI is InChI=1S/C25H24FN5O2S/c1-16(26)24(32)31-14-10-17(11-15-31)22-23(28-13-12-27-22)33-19-8-6-18(7-9-19)29-25-30-20-4-2-3-5-21(20)34-25/h2-9,12-13,16-17H,10-11,14-15H2,1H3,(H,29,30)/t16-/m0/s1. The summed E-state index contributed by atoms with van der Waals surface area (Å²) in [4.78, 5) is 27.0. The Kier molecular flexibility index (Phi) is 6.35. The molecule has 0 spiro atoms. The SMILES string of the molecule is C[C@H](F)C(=O)N1CCC(c2nccnc2Oc2ccc(Nc3nc4ccccc4s3)cc2)CC1. The number of nitrogens with one attached hydrogen (secondary N) is 1. The van der Waals surface area contributed by atoms with Gasteiger partial charge in [-0.15, -0.1) is 0 Å². The Morgan fingerprint density at radius 2 is 1.85 bits per heavy atom. The summed E-state index contributed by atoms with van der Waals surface area (Å²) in [6.07, 6.45) is 3.16. The van der Waals surface area contributed by atoms with E-state index in [2.05, 4.69) is 26.3 Å². The number of likely N-dealkylation sites (tertiary alicyclic amines) is 1. The number of ether oxygens (including phenoxy) is 1. The summed E-state index contributed by atoms with van der Waals surface area (Å²) in [5.74, 6) is 0.754. The van der Waals surface area contributed by atoms with Crippen LogP contribution in [0.5, 0.6) is 11.6 Å². The zero-order chi connectivity index (χ0) is 23.5. The molecule has 0 saturated carbocycles. The van der Waals surface area contributed by atoms with Gasteiger partial charge in [0, 0.05) is 37.1 Å². The van der Waals surface area contributed by atoms with Crippen LogP contribution in [0.3, 0.4) is 0 Å². The molecule has 0 bridgehead atoms. The van der Waals surface area contributed by atoms with E-state index in [1.807, 2.05) is 42.5 Å². The molecule has 5 rings (SSSR count). The van der Waals surface area contributed by atoms with Crippen molar-refractivity contribution in [2.75, 3.05) is 18.4 Å². The largest absolute Gasteiger partial charge is 0.437 e. The number of hydrogen-bond donors (Lipinski definition) is 1. The van der Waals surface area contributed by atoms with Crippen LogP contribution in [0.2, 0.25) is 0 Å². The number of alkyl halides is 1. The van der Waals surface area contributed by atoms with Crippen LogP contribution >= 0.6 is 11.3 Å². The maximum absolute atomic E-state index is 13.4. The second-order valence-electron chi connectivity index (χ2n) is 8.20. The normalized spacial score (nSPS) is 15.3. The van der Waals surface area contributed by atoms with Gasteiger partial charge in [0.2, 0.25) is 5.88 Å². The number of hydrogen-bond acceptors (Lipinski definition) is 7. The summed E-state index contributed by atoms with van der Waals surface area (Å²) < 4.78 is 20.6. The Morgan fingerprint density at radius 1 is 1.12 bits per heavy atom. The molecule has 2 aromatic carbocycles. The lowest BCUT2D eigenvalue weighted by Crippen LogP contribution is -2.41. The number of rotatable bonds is 6. The number of halogens is 1. The number of piperidine rings is 1. The molecule has 0 unspecified atom stereocenters. The minimum Gasteiger partial charge on any atom is -0.437 e. The third-order valence-corrected chi connectivity index (χ3v) is 6.79. The first-order valence-electron chi connectivity index (χ1n) is 11.2. The second kappa shape index (κ2) is 9.72. The third-order valence-electron chi connectivity index (χ3n) is 5.84. The Labute approximate surface area is 200 Å². The second-order valence-corrected chi connectivity index (χ2v) is 9.23. The number of fused-ring (bicyclic) bond motifs is 1. The highest BCUT2D eigenvalue weighted by atomic mass is 32.1. The summed E-state index contributed by atoms with van der Waals surface area (Å²) in [5, 5.41) is 4.17. The van der Waals surface area contributed by atoms with Crippen LogP contribution in [0, 0.1) is 0 Å².